The molecule has 0 radical (unpaired) electrons. The van der Waals surface area contributed by atoms with E-state index >= 15 is 0 Å². The van der Waals surface area contributed by atoms with Crippen molar-refractivity contribution in [2.75, 3.05) is 5.32 Å². The van der Waals surface area contributed by atoms with E-state index in [-0.39, 0.29) is 40.9 Å². The fourth-order valence-electron chi connectivity index (χ4n) is 2.89. The van der Waals surface area contributed by atoms with Gasteiger partial charge in [0.1, 0.15) is 11.3 Å². The second-order valence-electron chi connectivity index (χ2n) is 6.27. The molecule has 30 heavy (non-hydrogen) atoms. The summed E-state index contributed by atoms with van der Waals surface area (Å²) in [7, 11) is 0. The molecule has 0 saturated heterocycles. The van der Waals surface area contributed by atoms with Crippen LogP contribution in [0.3, 0.4) is 0 Å². The number of hydrogen-bond acceptors (Lipinski definition) is 6. The number of benzene rings is 2. The maximum atomic E-state index is 12.9. The molecule has 1 unspecified atom stereocenters. The largest absolute Gasteiger partial charge is 0.595 e. The Morgan fingerprint density at radius 2 is 1.97 bits per heavy atom. The van der Waals surface area contributed by atoms with E-state index in [2.05, 4.69) is 5.32 Å². The van der Waals surface area contributed by atoms with Crippen molar-refractivity contribution in [3.05, 3.63) is 81.3 Å². The van der Waals surface area contributed by atoms with E-state index in [1.807, 2.05) is 23.6 Å². The minimum Gasteiger partial charge on any atom is -0.595 e. The molecule has 0 saturated carbocycles. The van der Waals surface area contributed by atoms with E-state index in [0.29, 0.717) is 21.8 Å². The molecular formula is C20H17BrN3O4S2+. The van der Waals surface area contributed by atoms with E-state index in [4.69, 9.17) is 5.21 Å². The number of halogens is 1. The fourth-order valence-corrected chi connectivity index (χ4v) is 5.08. The van der Waals surface area contributed by atoms with Gasteiger partial charge >= 0.3 is 10.2 Å². The summed E-state index contributed by atoms with van der Waals surface area (Å²) in [6, 6.07) is 15.6. The highest BCUT2D eigenvalue weighted by atomic mass is 79.9. The standard InChI is InChI=1S/C20H15N3O4S2.BrH/c24-18(21-14-6-2-1-3-7-14)11-16-12-28-20-22(16)19(25)17(29-20)10-13-5-4-8-15(9-13)23(26)27;/h1-10,12,23,26H,11H2;1H/p+1/b17-10+;. The van der Waals surface area contributed by atoms with Crippen molar-refractivity contribution in [3.8, 4) is 0 Å². The van der Waals surface area contributed by atoms with Crippen LogP contribution in [0.2, 0.25) is 0 Å². The molecule has 1 aliphatic rings. The van der Waals surface area contributed by atoms with Gasteiger partial charge in [-0.2, -0.15) is 5.23 Å². The van der Waals surface area contributed by atoms with Crippen molar-refractivity contribution < 1.29 is 24.6 Å². The van der Waals surface area contributed by atoms with Crippen molar-refractivity contribution in [1.29, 1.82) is 0 Å². The van der Waals surface area contributed by atoms with Gasteiger partial charge in [0.25, 0.3) is 0 Å². The minimum absolute atomic E-state index is 0. The summed E-state index contributed by atoms with van der Waals surface area (Å²) in [6.07, 6.45) is 1.76. The second-order valence-corrected chi connectivity index (χ2v) is 8.41. The smallest absolute Gasteiger partial charge is 0.433 e. The van der Waals surface area contributed by atoms with Gasteiger partial charge in [0, 0.05) is 29.6 Å². The Balaban J connectivity index is 0.00000256. The monoisotopic (exact) mass is 506 g/mol. The molecule has 7 nitrogen and oxygen atoms in total. The fraction of sp³-hybridized carbons (Fsp3) is 0.0500. The normalized spacial score (nSPS) is 14.9. The second kappa shape index (κ2) is 9.65. The molecule has 1 aliphatic heterocycles. The van der Waals surface area contributed by atoms with Crippen molar-refractivity contribution in [1.82, 2.24) is 0 Å². The Morgan fingerprint density at radius 1 is 1.20 bits per heavy atom. The van der Waals surface area contributed by atoms with E-state index in [9.17, 15) is 14.8 Å². The van der Waals surface area contributed by atoms with Crippen LogP contribution in [0.1, 0.15) is 16.1 Å². The number of allylic oxidation sites excluding steroid dienone is 1. The Kier molecular flexibility index (Phi) is 7.19. The molecule has 3 N–H and O–H groups in total. The molecule has 1 amide bonds. The lowest BCUT2D eigenvalue weighted by atomic mass is 10.2. The summed E-state index contributed by atoms with van der Waals surface area (Å²) in [5.41, 5.74) is 2.13. The van der Waals surface area contributed by atoms with Crippen LogP contribution in [-0.4, -0.2) is 17.0 Å². The number of rotatable bonds is 5. The lowest BCUT2D eigenvalue weighted by molar-refractivity contribution is -0.991. The molecule has 0 fully saturated rings. The highest BCUT2D eigenvalue weighted by molar-refractivity contribution is 8.93. The van der Waals surface area contributed by atoms with Gasteiger partial charge in [0.2, 0.25) is 11.6 Å². The van der Waals surface area contributed by atoms with E-state index < -0.39 is 5.23 Å². The number of carbonyl (C=O) groups is 2. The van der Waals surface area contributed by atoms with Crippen LogP contribution >= 0.6 is 40.1 Å². The summed E-state index contributed by atoms with van der Waals surface area (Å²) in [4.78, 5) is 25.7. The van der Waals surface area contributed by atoms with Crippen LogP contribution in [0.5, 0.6) is 0 Å². The maximum Gasteiger partial charge on any atom is 0.433 e. The zero-order valence-corrected chi connectivity index (χ0v) is 18.7. The number of aromatic nitrogens is 1. The van der Waals surface area contributed by atoms with Crippen molar-refractivity contribution in [2.24, 2.45) is 0 Å². The minimum atomic E-state index is -1.02. The Bertz CT molecular complexity index is 1120. The first-order valence-electron chi connectivity index (χ1n) is 8.66. The Hall–Kier alpha value is -2.34. The molecule has 0 aliphatic carbocycles. The van der Waals surface area contributed by atoms with Gasteiger partial charge in [-0.05, 0) is 23.8 Å². The maximum absolute atomic E-state index is 12.9. The third-order valence-electron chi connectivity index (χ3n) is 4.21. The number of thioether (sulfide) groups is 1. The third-order valence-corrected chi connectivity index (χ3v) is 6.39. The first-order chi connectivity index (χ1) is 14.0. The molecule has 154 valence electrons. The predicted octanol–water partition coefficient (Wildman–Crippen LogP) is 2.99. The zero-order chi connectivity index (χ0) is 20.4. The number of para-hydroxylation sites is 1. The number of quaternary nitrogens is 1. The van der Waals surface area contributed by atoms with Gasteiger partial charge in [-0.1, -0.05) is 41.7 Å². The van der Waals surface area contributed by atoms with E-state index in [1.165, 1.54) is 35.2 Å². The van der Waals surface area contributed by atoms with Crippen molar-refractivity contribution >= 4 is 69.3 Å². The summed E-state index contributed by atoms with van der Waals surface area (Å²) >= 11 is 2.72. The molecule has 10 heteroatoms. The Labute approximate surface area is 191 Å². The lowest BCUT2D eigenvalue weighted by Crippen LogP contribution is -2.99. The molecule has 2 aromatic carbocycles. The van der Waals surface area contributed by atoms with E-state index in [0.717, 1.165) is 4.34 Å². The highest BCUT2D eigenvalue weighted by Crippen LogP contribution is 2.35. The van der Waals surface area contributed by atoms with Crippen LogP contribution in [0.15, 0.2) is 69.2 Å². The molecule has 0 bridgehead atoms. The number of anilines is 1. The quantitative estimate of drug-likeness (QED) is 0.280. The van der Waals surface area contributed by atoms with Gasteiger partial charge in [0.05, 0.1) is 5.38 Å². The molecule has 1 aromatic heterocycles. The topological polar surface area (TPSA) is 97.8 Å². The van der Waals surface area contributed by atoms with Gasteiger partial charge in [0.15, 0.2) is 5.69 Å². The molecule has 3 aromatic rings. The molecule has 0 spiro atoms. The zero-order valence-electron chi connectivity index (χ0n) is 15.4. The SMILES string of the molecule is Br.O=C(Cc1csc2[n+]1C(=O)/C(=C\c1cccc([NH+]([O-])O)c1)S2)Nc1ccccc1. The summed E-state index contributed by atoms with van der Waals surface area (Å²) in [5.74, 6) is -0.414. The van der Waals surface area contributed by atoms with Crippen LogP contribution in [0.25, 0.3) is 6.08 Å². The number of thiazole rings is 1. The molecule has 1 atom stereocenters. The Morgan fingerprint density at radius 3 is 2.70 bits per heavy atom. The van der Waals surface area contributed by atoms with Gasteiger partial charge in [-0.15, -0.1) is 21.5 Å². The number of carbonyl (C=O) groups excluding carboxylic acids is 2. The summed E-state index contributed by atoms with van der Waals surface area (Å²) < 4.78 is 2.32. The van der Waals surface area contributed by atoms with Crippen molar-refractivity contribution in [2.45, 2.75) is 10.8 Å². The van der Waals surface area contributed by atoms with Crippen LogP contribution in [-0.2, 0) is 11.2 Å². The number of nitrogens with zero attached hydrogens (tertiary/aromatic N) is 1. The van der Waals surface area contributed by atoms with Gasteiger partial charge in [-0.3, -0.25) is 4.79 Å². The molecule has 2 heterocycles. The average Bonchev–Trinajstić information content (AvgIpc) is 3.23. The van der Waals surface area contributed by atoms with Crippen LogP contribution < -0.4 is 15.1 Å². The number of fused-ring (bicyclic) bond motifs is 1. The first-order valence-corrected chi connectivity index (χ1v) is 10.4. The first kappa shape index (κ1) is 22.3. The van der Waals surface area contributed by atoms with Crippen LogP contribution in [0, 0.1) is 5.21 Å². The number of nitrogens with one attached hydrogen (secondary N) is 2. The number of hydrogen-bond donors (Lipinski definition) is 3. The van der Waals surface area contributed by atoms with E-state index in [1.54, 1.807) is 34.9 Å². The van der Waals surface area contributed by atoms with Crippen LogP contribution in [0.4, 0.5) is 11.4 Å². The third kappa shape index (κ3) is 4.86. The lowest BCUT2D eigenvalue weighted by Gasteiger charge is -2.11. The summed E-state index contributed by atoms with van der Waals surface area (Å²) in [5, 5.41) is 23.9. The average molecular weight is 507 g/mol. The van der Waals surface area contributed by atoms with Gasteiger partial charge < -0.3 is 10.5 Å². The molecule has 4 rings (SSSR count). The van der Waals surface area contributed by atoms with Crippen molar-refractivity contribution in [3.63, 3.8) is 0 Å². The molecular weight excluding hydrogens is 490 g/mol. The predicted molar refractivity (Wildman–Crippen MR) is 120 cm³/mol. The van der Waals surface area contributed by atoms with Gasteiger partial charge in [-0.25, -0.2) is 10.0 Å². The summed E-state index contributed by atoms with van der Waals surface area (Å²) in [6.45, 7) is 0. The highest BCUT2D eigenvalue weighted by Gasteiger charge is 2.40. The number of amides is 1.